The lowest BCUT2D eigenvalue weighted by Crippen LogP contribution is -2.09. The third-order valence-corrected chi connectivity index (χ3v) is 2.27. The maximum absolute atomic E-state index is 12.5. The predicted octanol–water partition coefficient (Wildman–Crippen LogP) is 3.22. The van der Waals surface area contributed by atoms with Crippen molar-refractivity contribution in [1.82, 2.24) is 4.98 Å². The van der Waals surface area contributed by atoms with Crippen molar-refractivity contribution in [1.29, 1.82) is 0 Å². The van der Waals surface area contributed by atoms with Gasteiger partial charge in [-0.3, -0.25) is 0 Å². The van der Waals surface area contributed by atoms with Gasteiger partial charge in [-0.15, -0.1) is 0 Å². The molecule has 0 fully saturated rings. The molecule has 0 saturated carbocycles. The lowest BCUT2D eigenvalue weighted by Gasteiger charge is -2.08. The third-order valence-electron chi connectivity index (χ3n) is 1.56. The van der Waals surface area contributed by atoms with E-state index in [9.17, 15) is 13.6 Å². The average molecular weight is 300 g/mol. The molecule has 0 saturated heterocycles. The molecule has 82 valence electrons. The summed E-state index contributed by atoms with van der Waals surface area (Å²) in [5.74, 6) is -0.935. The van der Waals surface area contributed by atoms with Crippen molar-refractivity contribution in [2.45, 2.75) is 6.43 Å². The second-order valence-corrected chi connectivity index (χ2v) is 3.70. The Hall–Kier alpha value is -0.750. The number of carbonyl (C=O) groups excluding carboxylic acids is 1. The molecule has 0 bridgehead atoms. The Bertz CT molecular complexity index is 400. The SMILES string of the molecule is COC(=O)c1c(Cl)cc(Br)nc1C(F)F. The van der Waals surface area contributed by atoms with Crippen molar-refractivity contribution in [3.05, 3.63) is 26.9 Å². The van der Waals surface area contributed by atoms with E-state index in [4.69, 9.17) is 11.6 Å². The van der Waals surface area contributed by atoms with Gasteiger partial charge in [0.05, 0.1) is 12.1 Å². The number of carbonyl (C=O) groups is 1. The van der Waals surface area contributed by atoms with Crippen LogP contribution >= 0.6 is 27.5 Å². The van der Waals surface area contributed by atoms with Gasteiger partial charge in [-0.1, -0.05) is 11.6 Å². The number of hydrogen-bond donors (Lipinski definition) is 0. The molecule has 0 unspecified atom stereocenters. The highest BCUT2D eigenvalue weighted by Gasteiger charge is 2.24. The summed E-state index contributed by atoms with van der Waals surface area (Å²) in [6, 6.07) is 1.25. The van der Waals surface area contributed by atoms with Gasteiger partial charge in [0, 0.05) is 0 Å². The van der Waals surface area contributed by atoms with Crippen LogP contribution in [0.15, 0.2) is 10.7 Å². The van der Waals surface area contributed by atoms with Crippen LogP contribution in [0.25, 0.3) is 0 Å². The number of nitrogens with zero attached hydrogens (tertiary/aromatic N) is 1. The topological polar surface area (TPSA) is 39.2 Å². The molecule has 1 aromatic rings. The first kappa shape index (κ1) is 12.3. The highest BCUT2D eigenvalue weighted by atomic mass is 79.9. The van der Waals surface area contributed by atoms with E-state index in [0.717, 1.165) is 7.11 Å². The Balaban J connectivity index is 3.40. The second-order valence-electron chi connectivity index (χ2n) is 2.48. The van der Waals surface area contributed by atoms with Gasteiger partial charge >= 0.3 is 5.97 Å². The number of ether oxygens (including phenoxy) is 1. The number of rotatable bonds is 2. The van der Waals surface area contributed by atoms with Gasteiger partial charge in [0.1, 0.15) is 15.9 Å². The van der Waals surface area contributed by atoms with Gasteiger partial charge in [-0.25, -0.2) is 18.6 Å². The van der Waals surface area contributed by atoms with Crippen LogP contribution in [0.1, 0.15) is 22.5 Å². The number of aromatic nitrogens is 1. The molecule has 0 aliphatic carbocycles. The molecule has 0 radical (unpaired) electrons. The monoisotopic (exact) mass is 299 g/mol. The number of halogens is 4. The third kappa shape index (κ3) is 2.63. The van der Waals surface area contributed by atoms with E-state index in [-0.39, 0.29) is 9.63 Å². The fraction of sp³-hybridized carbons (Fsp3) is 0.250. The molecular weight excluding hydrogens is 295 g/mol. The van der Waals surface area contributed by atoms with Gasteiger partial charge in [0.15, 0.2) is 0 Å². The predicted molar refractivity (Wildman–Crippen MR) is 53.2 cm³/mol. The van der Waals surface area contributed by atoms with Crippen LogP contribution in [-0.4, -0.2) is 18.1 Å². The Morgan fingerprint density at radius 1 is 1.67 bits per heavy atom. The molecule has 1 heterocycles. The van der Waals surface area contributed by atoms with E-state index >= 15 is 0 Å². The standard InChI is InChI=1S/C8H5BrClF2NO2/c1-15-8(14)5-3(10)2-4(9)13-6(5)7(11)12/h2,7H,1H3. The van der Waals surface area contributed by atoms with Gasteiger partial charge in [0.25, 0.3) is 6.43 Å². The van der Waals surface area contributed by atoms with Crippen molar-refractivity contribution in [3.63, 3.8) is 0 Å². The first-order chi connectivity index (χ1) is 6.97. The van der Waals surface area contributed by atoms with E-state index in [1.807, 2.05) is 0 Å². The summed E-state index contributed by atoms with van der Waals surface area (Å²) in [6.07, 6.45) is -2.89. The molecule has 0 aliphatic rings. The molecule has 1 rings (SSSR count). The molecule has 0 amide bonds. The minimum absolute atomic E-state index is 0.126. The second kappa shape index (κ2) is 4.85. The van der Waals surface area contributed by atoms with Crippen molar-refractivity contribution >= 4 is 33.5 Å². The van der Waals surface area contributed by atoms with Crippen LogP contribution in [0, 0.1) is 0 Å². The lowest BCUT2D eigenvalue weighted by atomic mass is 10.2. The highest BCUT2D eigenvalue weighted by Crippen LogP contribution is 2.29. The van der Waals surface area contributed by atoms with Crippen molar-refractivity contribution in [2.24, 2.45) is 0 Å². The number of hydrogen-bond acceptors (Lipinski definition) is 3. The summed E-state index contributed by atoms with van der Waals surface area (Å²) in [5.41, 5.74) is -1.10. The molecule has 1 aromatic heterocycles. The number of esters is 1. The van der Waals surface area contributed by atoms with Crippen LogP contribution in [0.3, 0.4) is 0 Å². The highest BCUT2D eigenvalue weighted by molar-refractivity contribution is 9.10. The van der Waals surface area contributed by atoms with Crippen LogP contribution in [0.2, 0.25) is 5.02 Å². The van der Waals surface area contributed by atoms with Gasteiger partial charge in [-0.2, -0.15) is 0 Å². The quantitative estimate of drug-likeness (QED) is 0.622. The Labute approximate surface area is 97.5 Å². The zero-order valence-corrected chi connectivity index (χ0v) is 9.77. The Morgan fingerprint density at radius 3 is 2.73 bits per heavy atom. The van der Waals surface area contributed by atoms with Crippen LogP contribution in [-0.2, 0) is 4.74 Å². The molecule has 0 aliphatic heterocycles. The lowest BCUT2D eigenvalue weighted by molar-refractivity contribution is 0.0587. The normalized spacial score (nSPS) is 10.5. The Morgan fingerprint density at radius 2 is 2.27 bits per heavy atom. The molecule has 0 spiro atoms. The fourth-order valence-corrected chi connectivity index (χ4v) is 1.79. The summed E-state index contributed by atoms with van der Waals surface area (Å²) in [7, 11) is 1.08. The Kier molecular flexibility index (Phi) is 3.98. The minimum Gasteiger partial charge on any atom is -0.465 e. The number of methoxy groups -OCH3 is 1. The first-order valence-electron chi connectivity index (χ1n) is 3.69. The number of alkyl halides is 2. The van der Waals surface area contributed by atoms with Crippen LogP contribution in [0.4, 0.5) is 8.78 Å². The van der Waals surface area contributed by atoms with E-state index in [1.54, 1.807) is 0 Å². The largest absolute Gasteiger partial charge is 0.465 e. The maximum atomic E-state index is 12.5. The average Bonchev–Trinajstić information content (AvgIpc) is 2.15. The maximum Gasteiger partial charge on any atom is 0.341 e. The molecule has 0 N–H and O–H groups in total. The smallest absolute Gasteiger partial charge is 0.341 e. The van der Waals surface area contributed by atoms with E-state index < -0.39 is 23.7 Å². The van der Waals surface area contributed by atoms with E-state index in [0.29, 0.717) is 0 Å². The van der Waals surface area contributed by atoms with Crippen molar-refractivity contribution < 1.29 is 18.3 Å². The van der Waals surface area contributed by atoms with Crippen molar-refractivity contribution in [2.75, 3.05) is 7.11 Å². The molecule has 0 atom stereocenters. The van der Waals surface area contributed by atoms with Crippen molar-refractivity contribution in [3.8, 4) is 0 Å². The zero-order valence-electron chi connectivity index (χ0n) is 7.43. The van der Waals surface area contributed by atoms with E-state index in [2.05, 4.69) is 25.7 Å². The fourth-order valence-electron chi connectivity index (χ4n) is 0.964. The van der Waals surface area contributed by atoms with Crippen LogP contribution in [0.5, 0.6) is 0 Å². The van der Waals surface area contributed by atoms with Gasteiger partial charge in [0.2, 0.25) is 0 Å². The summed E-state index contributed by atoms with van der Waals surface area (Å²) < 4.78 is 29.5. The summed E-state index contributed by atoms with van der Waals surface area (Å²) in [4.78, 5) is 14.7. The summed E-state index contributed by atoms with van der Waals surface area (Å²) in [6.45, 7) is 0. The van der Waals surface area contributed by atoms with Gasteiger partial charge < -0.3 is 4.74 Å². The number of pyridine rings is 1. The molecule has 15 heavy (non-hydrogen) atoms. The molecule has 3 nitrogen and oxygen atoms in total. The first-order valence-corrected chi connectivity index (χ1v) is 4.87. The van der Waals surface area contributed by atoms with E-state index in [1.165, 1.54) is 6.07 Å². The zero-order chi connectivity index (χ0) is 11.6. The molecule has 0 aromatic carbocycles. The summed E-state index contributed by atoms with van der Waals surface area (Å²) >= 11 is 8.55. The molecular formula is C8H5BrClF2NO2. The molecule has 7 heteroatoms. The van der Waals surface area contributed by atoms with Crippen LogP contribution < -0.4 is 0 Å². The minimum atomic E-state index is -2.89. The summed E-state index contributed by atoms with van der Waals surface area (Å²) in [5, 5.41) is -0.126. The van der Waals surface area contributed by atoms with Gasteiger partial charge in [-0.05, 0) is 22.0 Å².